The molecule has 0 radical (unpaired) electrons. The number of anilines is 1. The average molecular weight is 571 g/mol. The maximum absolute atomic E-state index is 14.1. The molecule has 0 atom stereocenters. The van der Waals surface area contributed by atoms with Crippen LogP contribution in [0.4, 0.5) is 14.9 Å². The molecular formula is C27H20ClFN2O7S. The van der Waals surface area contributed by atoms with Gasteiger partial charge in [0.25, 0.3) is 11.1 Å². The zero-order valence-corrected chi connectivity index (χ0v) is 21.9. The highest BCUT2D eigenvalue weighted by Crippen LogP contribution is 2.36. The molecule has 0 saturated carbocycles. The minimum absolute atomic E-state index is 0.0948. The van der Waals surface area contributed by atoms with Crippen molar-refractivity contribution in [2.24, 2.45) is 0 Å². The van der Waals surface area contributed by atoms with Crippen molar-refractivity contribution in [1.82, 2.24) is 4.90 Å². The number of halogens is 2. The van der Waals surface area contributed by atoms with Gasteiger partial charge in [-0.05, 0) is 59.8 Å². The highest BCUT2D eigenvalue weighted by atomic mass is 35.5. The third-order valence-corrected chi connectivity index (χ3v) is 7.01. The van der Waals surface area contributed by atoms with E-state index in [0.717, 1.165) is 4.90 Å². The van der Waals surface area contributed by atoms with E-state index in [1.165, 1.54) is 25.3 Å². The van der Waals surface area contributed by atoms with E-state index < -0.39 is 29.4 Å². The van der Waals surface area contributed by atoms with Gasteiger partial charge in [0.1, 0.15) is 19.0 Å². The zero-order valence-electron chi connectivity index (χ0n) is 20.4. The maximum Gasteiger partial charge on any atom is 0.294 e. The van der Waals surface area contributed by atoms with Gasteiger partial charge in [0.15, 0.2) is 23.0 Å². The van der Waals surface area contributed by atoms with E-state index in [0.29, 0.717) is 40.3 Å². The van der Waals surface area contributed by atoms with E-state index in [1.807, 2.05) is 0 Å². The van der Waals surface area contributed by atoms with Gasteiger partial charge in [-0.2, -0.15) is 0 Å². The molecule has 1 N–H and O–H groups in total. The van der Waals surface area contributed by atoms with Crippen LogP contribution in [0.3, 0.4) is 0 Å². The molecule has 2 heterocycles. The Balaban J connectivity index is 1.27. The minimum atomic E-state index is -0.609. The molecule has 12 heteroatoms. The molecule has 0 unspecified atom stereocenters. The monoisotopic (exact) mass is 570 g/mol. The van der Waals surface area contributed by atoms with Crippen molar-refractivity contribution < 1.29 is 37.7 Å². The Morgan fingerprint density at radius 1 is 1.13 bits per heavy atom. The van der Waals surface area contributed by atoms with Crippen LogP contribution in [0.1, 0.15) is 11.1 Å². The zero-order chi connectivity index (χ0) is 27.5. The van der Waals surface area contributed by atoms with E-state index >= 15 is 0 Å². The topological polar surface area (TPSA) is 103 Å². The maximum atomic E-state index is 14.1. The van der Waals surface area contributed by atoms with Crippen LogP contribution in [0.2, 0.25) is 5.02 Å². The number of imide groups is 1. The SMILES string of the molecule is COc1ccc(/C=C2/SC(=O)N(CC(=O)Nc3ccc4c(c3)OCO4)C2=O)cc1OCc1c(F)cccc1Cl. The molecule has 2 aliphatic rings. The Kier molecular flexibility index (Phi) is 7.62. The quantitative estimate of drug-likeness (QED) is 0.356. The van der Waals surface area contributed by atoms with Crippen LogP contribution in [0.15, 0.2) is 59.5 Å². The summed E-state index contributed by atoms with van der Waals surface area (Å²) in [4.78, 5) is 39.0. The summed E-state index contributed by atoms with van der Waals surface area (Å²) in [6.45, 7) is -0.519. The van der Waals surface area contributed by atoms with Gasteiger partial charge in [0.05, 0.1) is 17.0 Å². The lowest BCUT2D eigenvalue weighted by Gasteiger charge is -2.13. The van der Waals surface area contributed by atoms with Gasteiger partial charge in [-0.15, -0.1) is 0 Å². The number of ether oxygens (including phenoxy) is 4. The molecule has 0 aliphatic carbocycles. The standard InChI is InChI=1S/C27H20ClFN2O7S/c1-35-20-7-5-15(9-22(20)36-13-17-18(28)3-2-4-19(17)29)10-24-26(33)31(27(34)39-24)12-25(32)30-16-6-8-21-23(11-16)38-14-37-21/h2-11H,12-14H2,1H3,(H,30,32)/b24-10+. The second-order valence-electron chi connectivity index (χ2n) is 8.28. The Labute approximate surface area is 231 Å². The highest BCUT2D eigenvalue weighted by Gasteiger charge is 2.36. The molecule has 9 nitrogen and oxygen atoms in total. The second kappa shape index (κ2) is 11.3. The van der Waals surface area contributed by atoms with E-state index in [1.54, 1.807) is 42.5 Å². The van der Waals surface area contributed by atoms with Crippen LogP contribution in [-0.2, 0) is 16.2 Å². The molecule has 1 fully saturated rings. The van der Waals surface area contributed by atoms with Gasteiger partial charge in [-0.1, -0.05) is 23.7 Å². The Morgan fingerprint density at radius 3 is 2.74 bits per heavy atom. The second-order valence-corrected chi connectivity index (χ2v) is 9.68. The van der Waals surface area contributed by atoms with Crippen molar-refractivity contribution in [3.8, 4) is 23.0 Å². The predicted octanol–water partition coefficient (Wildman–Crippen LogP) is 5.47. The number of rotatable bonds is 8. The van der Waals surface area contributed by atoms with Crippen LogP contribution in [0, 0.1) is 5.82 Å². The molecule has 39 heavy (non-hydrogen) atoms. The first kappa shape index (κ1) is 26.4. The van der Waals surface area contributed by atoms with Crippen LogP contribution in [0.5, 0.6) is 23.0 Å². The van der Waals surface area contributed by atoms with Gasteiger partial charge in [0.2, 0.25) is 12.7 Å². The number of methoxy groups -OCH3 is 1. The number of fused-ring (bicyclic) bond motifs is 1. The number of thioether (sulfide) groups is 1. The van der Waals surface area contributed by atoms with Gasteiger partial charge in [-0.3, -0.25) is 19.3 Å². The Bertz CT molecular complexity index is 1490. The largest absolute Gasteiger partial charge is 0.493 e. The first-order valence-electron chi connectivity index (χ1n) is 11.5. The van der Waals surface area contributed by atoms with Gasteiger partial charge in [-0.25, -0.2) is 4.39 Å². The number of nitrogens with one attached hydrogen (secondary N) is 1. The molecule has 3 aromatic carbocycles. The van der Waals surface area contributed by atoms with Crippen LogP contribution in [-0.4, -0.2) is 42.4 Å². The van der Waals surface area contributed by atoms with Gasteiger partial charge < -0.3 is 24.3 Å². The number of benzene rings is 3. The minimum Gasteiger partial charge on any atom is -0.493 e. The number of hydrogen-bond donors (Lipinski definition) is 1. The van der Waals surface area contributed by atoms with E-state index in [2.05, 4.69) is 5.32 Å². The smallest absolute Gasteiger partial charge is 0.294 e. The van der Waals surface area contributed by atoms with Crippen molar-refractivity contribution in [2.75, 3.05) is 25.8 Å². The third-order valence-electron chi connectivity index (χ3n) is 5.75. The predicted molar refractivity (Wildman–Crippen MR) is 143 cm³/mol. The molecule has 3 aromatic rings. The third kappa shape index (κ3) is 5.79. The molecule has 5 rings (SSSR count). The van der Waals surface area contributed by atoms with Crippen molar-refractivity contribution >= 4 is 52.2 Å². The van der Waals surface area contributed by atoms with Crippen molar-refractivity contribution in [1.29, 1.82) is 0 Å². The molecule has 3 amide bonds. The number of hydrogen-bond acceptors (Lipinski definition) is 8. The number of carbonyl (C=O) groups excluding carboxylic acids is 3. The fourth-order valence-corrected chi connectivity index (χ4v) is 4.88. The van der Waals surface area contributed by atoms with E-state index in [9.17, 15) is 18.8 Å². The lowest BCUT2D eigenvalue weighted by atomic mass is 10.1. The summed E-state index contributed by atoms with van der Waals surface area (Å²) in [6.07, 6.45) is 1.50. The summed E-state index contributed by atoms with van der Waals surface area (Å²) < 4.78 is 35.8. The summed E-state index contributed by atoms with van der Waals surface area (Å²) in [5, 5.41) is 2.29. The summed E-state index contributed by atoms with van der Waals surface area (Å²) in [6, 6.07) is 14.1. The number of carbonyl (C=O) groups is 3. The summed E-state index contributed by atoms with van der Waals surface area (Å²) in [5.41, 5.74) is 1.15. The molecule has 1 saturated heterocycles. The molecule has 2 aliphatic heterocycles. The first-order chi connectivity index (χ1) is 18.8. The highest BCUT2D eigenvalue weighted by molar-refractivity contribution is 8.18. The molecule has 0 spiro atoms. The molecule has 0 aromatic heterocycles. The molecule has 0 bridgehead atoms. The van der Waals surface area contributed by atoms with Crippen LogP contribution in [0.25, 0.3) is 6.08 Å². The average Bonchev–Trinajstić information content (AvgIpc) is 3.48. The number of nitrogens with zero attached hydrogens (tertiary/aromatic N) is 1. The summed E-state index contributed by atoms with van der Waals surface area (Å²) in [7, 11) is 1.46. The summed E-state index contributed by atoms with van der Waals surface area (Å²) in [5.74, 6) is 0.0511. The summed E-state index contributed by atoms with van der Waals surface area (Å²) >= 11 is 6.80. The van der Waals surface area contributed by atoms with Crippen LogP contribution < -0.4 is 24.3 Å². The lowest BCUT2D eigenvalue weighted by molar-refractivity contribution is -0.127. The first-order valence-corrected chi connectivity index (χ1v) is 12.7. The molecular weight excluding hydrogens is 551 g/mol. The molecule has 200 valence electrons. The fraction of sp³-hybridized carbons (Fsp3) is 0.148. The fourth-order valence-electron chi connectivity index (χ4n) is 3.82. The van der Waals surface area contributed by atoms with Crippen molar-refractivity contribution in [3.05, 3.63) is 81.5 Å². The number of amides is 3. The lowest BCUT2D eigenvalue weighted by Crippen LogP contribution is -2.36. The van der Waals surface area contributed by atoms with Gasteiger partial charge >= 0.3 is 0 Å². The van der Waals surface area contributed by atoms with E-state index in [-0.39, 0.29) is 34.6 Å². The normalized spacial score (nSPS) is 15.2. The van der Waals surface area contributed by atoms with E-state index in [4.69, 9.17) is 30.5 Å². The van der Waals surface area contributed by atoms with Gasteiger partial charge in [0, 0.05) is 17.3 Å². The van der Waals surface area contributed by atoms with Crippen LogP contribution >= 0.6 is 23.4 Å². The Hall–Kier alpha value is -4.22. The Morgan fingerprint density at radius 2 is 1.95 bits per heavy atom. The van der Waals surface area contributed by atoms with Crippen molar-refractivity contribution in [2.45, 2.75) is 6.61 Å². The van der Waals surface area contributed by atoms with Crippen molar-refractivity contribution in [3.63, 3.8) is 0 Å².